The minimum Gasteiger partial charge on any atom is -0.486 e. The minimum atomic E-state index is -0.223. The van der Waals surface area contributed by atoms with Gasteiger partial charge in [0.1, 0.15) is 13.2 Å². The van der Waals surface area contributed by atoms with Crippen molar-refractivity contribution in [3.05, 3.63) is 83.7 Å². The van der Waals surface area contributed by atoms with E-state index < -0.39 is 0 Å². The molecule has 2 heterocycles. The number of nitrogens with one attached hydrogen (secondary N) is 2. The van der Waals surface area contributed by atoms with Crippen LogP contribution in [0.25, 0.3) is 11.4 Å². The van der Waals surface area contributed by atoms with E-state index in [1.54, 1.807) is 0 Å². The highest BCUT2D eigenvalue weighted by Gasteiger charge is 2.17. The summed E-state index contributed by atoms with van der Waals surface area (Å²) in [6.45, 7) is 8.99. The second-order valence-corrected chi connectivity index (χ2v) is 6.87. The third-order valence-corrected chi connectivity index (χ3v) is 4.91. The number of carbonyl (C=O) groups excluding carboxylic acids is 1. The molecule has 0 spiro atoms. The number of aromatic nitrogens is 1. The van der Waals surface area contributed by atoms with Crippen LogP contribution < -0.4 is 20.3 Å². The van der Waals surface area contributed by atoms with Crippen molar-refractivity contribution < 1.29 is 14.3 Å². The summed E-state index contributed by atoms with van der Waals surface area (Å²) in [5, 5.41) is 0. The van der Waals surface area contributed by atoms with Gasteiger partial charge in [-0.3, -0.25) is 15.6 Å². The highest BCUT2D eigenvalue weighted by molar-refractivity contribution is 5.96. The molecule has 0 bridgehead atoms. The van der Waals surface area contributed by atoms with Crippen LogP contribution in [0.2, 0.25) is 0 Å². The average Bonchev–Trinajstić information content (AvgIpc) is 3.06. The second kappa shape index (κ2) is 7.75. The average molecular weight is 389 g/mol. The molecular formula is C23H23N3O3. The molecule has 2 aromatic carbocycles. The van der Waals surface area contributed by atoms with Crippen molar-refractivity contribution in [1.29, 1.82) is 0 Å². The maximum absolute atomic E-state index is 12.8. The molecule has 0 aliphatic carbocycles. The fourth-order valence-electron chi connectivity index (χ4n) is 3.47. The van der Waals surface area contributed by atoms with E-state index >= 15 is 0 Å². The maximum Gasteiger partial charge on any atom is 0.271 e. The Labute approximate surface area is 169 Å². The predicted molar refractivity (Wildman–Crippen MR) is 112 cm³/mol. The van der Waals surface area contributed by atoms with Crippen molar-refractivity contribution in [2.75, 3.05) is 13.2 Å². The van der Waals surface area contributed by atoms with Gasteiger partial charge in [-0.25, -0.2) is 0 Å². The van der Waals surface area contributed by atoms with E-state index in [2.05, 4.69) is 22.0 Å². The Morgan fingerprint density at radius 3 is 2.45 bits per heavy atom. The van der Waals surface area contributed by atoms with Crippen LogP contribution in [0, 0.1) is 13.8 Å². The van der Waals surface area contributed by atoms with Gasteiger partial charge in [-0.15, -0.1) is 0 Å². The predicted octanol–water partition coefficient (Wildman–Crippen LogP) is 3.77. The first-order valence-corrected chi connectivity index (χ1v) is 9.44. The highest BCUT2D eigenvalue weighted by Crippen LogP contribution is 2.32. The molecular weight excluding hydrogens is 366 g/mol. The van der Waals surface area contributed by atoms with Crippen LogP contribution in [0.4, 0.5) is 0 Å². The van der Waals surface area contributed by atoms with Gasteiger partial charge in [0.15, 0.2) is 11.5 Å². The van der Waals surface area contributed by atoms with Gasteiger partial charge in [-0.1, -0.05) is 24.8 Å². The Bertz CT molecular complexity index is 1070. The van der Waals surface area contributed by atoms with Crippen molar-refractivity contribution in [2.45, 2.75) is 13.8 Å². The van der Waals surface area contributed by atoms with Crippen LogP contribution in [0.3, 0.4) is 0 Å². The molecule has 0 fully saturated rings. The summed E-state index contributed by atoms with van der Waals surface area (Å²) in [5.41, 5.74) is 10.5. The summed E-state index contributed by atoms with van der Waals surface area (Å²) in [6, 6.07) is 17.4. The van der Waals surface area contributed by atoms with Gasteiger partial charge in [-0.2, -0.15) is 0 Å². The summed E-state index contributed by atoms with van der Waals surface area (Å²) < 4.78 is 13.2. The smallest absolute Gasteiger partial charge is 0.271 e. The number of ether oxygens (including phenoxy) is 2. The first kappa shape index (κ1) is 18.7. The normalized spacial score (nSPS) is 12.3. The molecule has 3 aromatic rings. The third-order valence-electron chi connectivity index (χ3n) is 4.91. The number of rotatable bonds is 5. The zero-order valence-corrected chi connectivity index (χ0v) is 16.5. The van der Waals surface area contributed by atoms with E-state index in [0.717, 1.165) is 22.6 Å². The summed E-state index contributed by atoms with van der Waals surface area (Å²) in [5.74, 6) is 1.17. The number of para-hydroxylation sites is 1. The largest absolute Gasteiger partial charge is 0.486 e. The Balaban J connectivity index is 1.47. The molecule has 0 saturated carbocycles. The molecule has 0 saturated heterocycles. The molecule has 1 aliphatic heterocycles. The van der Waals surface area contributed by atoms with Gasteiger partial charge >= 0.3 is 0 Å². The number of hydrogen-bond donors (Lipinski definition) is 2. The van der Waals surface area contributed by atoms with Gasteiger partial charge in [0.25, 0.3) is 5.91 Å². The number of nitrogens with zero attached hydrogens (tertiary/aromatic N) is 1. The zero-order valence-electron chi connectivity index (χ0n) is 16.5. The number of hydrazine groups is 1. The molecule has 0 atom stereocenters. The summed E-state index contributed by atoms with van der Waals surface area (Å²) in [7, 11) is 0. The van der Waals surface area contributed by atoms with Gasteiger partial charge < -0.3 is 14.0 Å². The van der Waals surface area contributed by atoms with E-state index in [9.17, 15) is 4.79 Å². The van der Waals surface area contributed by atoms with E-state index in [1.165, 1.54) is 0 Å². The Hall–Kier alpha value is -3.67. The van der Waals surface area contributed by atoms with Crippen molar-refractivity contribution in [2.24, 2.45) is 0 Å². The van der Waals surface area contributed by atoms with Crippen LogP contribution in [0.5, 0.6) is 11.5 Å². The van der Waals surface area contributed by atoms with Crippen molar-refractivity contribution >= 4 is 11.6 Å². The molecule has 0 radical (unpaired) electrons. The van der Waals surface area contributed by atoms with Crippen LogP contribution >= 0.6 is 0 Å². The van der Waals surface area contributed by atoms with Crippen molar-refractivity contribution in [1.82, 2.24) is 15.4 Å². The maximum atomic E-state index is 12.8. The number of benzene rings is 2. The van der Waals surface area contributed by atoms with E-state index in [-0.39, 0.29) is 5.91 Å². The first-order chi connectivity index (χ1) is 14.0. The fraction of sp³-hybridized carbons (Fsp3) is 0.174. The number of aryl methyl sites for hydroxylation is 1. The molecule has 0 unspecified atom stereocenters. The molecule has 1 aliphatic rings. The Morgan fingerprint density at radius 1 is 0.966 bits per heavy atom. The number of carbonyl (C=O) groups is 1. The quantitative estimate of drug-likeness (QED) is 0.652. The molecule has 6 heteroatoms. The minimum absolute atomic E-state index is 0.223. The fourth-order valence-corrected chi connectivity index (χ4v) is 3.47. The molecule has 2 N–H and O–H groups in total. The van der Waals surface area contributed by atoms with E-state index in [1.807, 2.05) is 68.4 Å². The molecule has 29 heavy (non-hydrogen) atoms. The first-order valence-electron chi connectivity index (χ1n) is 9.44. The molecule has 1 amide bonds. The van der Waals surface area contributed by atoms with Gasteiger partial charge in [0.05, 0.1) is 11.3 Å². The summed E-state index contributed by atoms with van der Waals surface area (Å²) in [6.07, 6.45) is 0. The number of fused-ring (bicyclic) bond motifs is 1. The summed E-state index contributed by atoms with van der Waals surface area (Å²) in [4.78, 5) is 12.8. The standard InChI is InChI=1S/C23H23N3O3/c1-15-13-20(17(3)26(15)19-7-5-4-6-8-19)23(27)25-24-16(2)18-9-10-21-22(14-18)29-12-11-28-21/h4-10,13-14,24H,2,11-12H2,1,3H3,(H,25,27). The van der Waals surface area contributed by atoms with Crippen molar-refractivity contribution in [3.63, 3.8) is 0 Å². The number of hydrogen-bond acceptors (Lipinski definition) is 4. The Morgan fingerprint density at radius 2 is 1.69 bits per heavy atom. The lowest BCUT2D eigenvalue weighted by Gasteiger charge is -2.19. The van der Waals surface area contributed by atoms with Crippen LogP contribution in [-0.2, 0) is 0 Å². The van der Waals surface area contributed by atoms with Gasteiger partial charge in [-0.05, 0) is 50.2 Å². The molecule has 148 valence electrons. The Kier molecular flexibility index (Phi) is 4.99. The van der Waals surface area contributed by atoms with Gasteiger partial charge in [0, 0.05) is 22.6 Å². The molecule has 1 aromatic heterocycles. The third kappa shape index (κ3) is 3.69. The second-order valence-electron chi connectivity index (χ2n) is 6.87. The lowest BCUT2D eigenvalue weighted by molar-refractivity contribution is 0.0942. The van der Waals surface area contributed by atoms with E-state index in [0.29, 0.717) is 36.0 Å². The zero-order chi connectivity index (χ0) is 20.4. The topological polar surface area (TPSA) is 64.5 Å². The summed E-state index contributed by atoms with van der Waals surface area (Å²) >= 11 is 0. The van der Waals surface area contributed by atoms with Crippen LogP contribution in [-0.4, -0.2) is 23.7 Å². The molecule has 4 rings (SSSR count). The molecule has 6 nitrogen and oxygen atoms in total. The lowest BCUT2D eigenvalue weighted by Crippen LogP contribution is -2.36. The lowest BCUT2D eigenvalue weighted by atomic mass is 10.1. The highest BCUT2D eigenvalue weighted by atomic mass is 16.6. The van der Waals surface area contributed by atoms with E-state index in [4.69, 9.17) is 9.47 Å². The number of amides is 1. The van der Waals surface area contributed by atoms with Crippen molar-refractivity contribution in [3.8, 4) is 17.2 Å². The SMILES string of the molecule is C=C(NNC(=O)c1cc(C)n(-c2ccccc2)c1C)c1ccc2c(c1)OCCO2. The monoisotopic (exact) mass is 389 g/mol. The van der Waals surface area contributed by atoms with Gasteiger partial charge in [0.2, 0.25) is 0 Å². The van der Waals surface area contributed by atoms with Crippen LogP contribution in [0.15, 0.2) is 61.2 Å². The van der Waals surface area contributed by atoms with Crippen LogP contribution in [0.1, 0.15) is 27.3 Å².